The normalized spacial score (nSPS) is 14.3. The topological polar surface area (TPSA) is 75.1 Å². The Labute approximate surface area is 88.6 Å². The van der Waals surface area contributed by atoms with Crippen LogP contribution in [0.15, 0.2) is 18.7 Å². The summed E-state index contributed by atoms with van der Waals surface area (Å²) in [6.07, 6.45) is 4.29. The van der Waals surface area contributed by atoms with Crippen LogP contribution in [0.5, 0.6) is 0 Å². The Morgan fingerprint density at radius 2 is 2.07 bits per heavy atom. The maximum absolute atomic E-state index is 11.6. The Balaban J connectivity index is 2.57. The minimum atomic E-state index is -0.219. The molecule has 1 rings (SSSR count). The third-order valence-corrected chi connectivity index (χ3v) is 2.32. The molecule has 5 heteroatoms. The van der Waals surface area contributed by atoms with Crippen LogP contribution >= 0.6 is 0 Å². The van der Waals surface area contributed by atoms with Gasteiger partial charge in [-0.15, -0.1) is 0 Å². The van der Waals surface area contributed by atoms with Gasteiger partial charge in [0.1, 0.15) is 6.33 Å². The summed E-state index contributed by atoms with van der Waals surface area (Å²) in [5.41, 5.74) is 0.425. The van der Waals surface area contributed by atoms with Crippen molar-refractivity contribution in [2.45, 2.75) is 19.9 Å². The molecule has 0 saturated heterocycles. The zero-order valence-electron chi connectivity index (χ0n) is 8.84. The lowest BCUT2D eigenvalue weighted by Gasteiger charge is -2.18. The summed E-state index contributed by atoms with van der Waals surface area (Å²) in [4.78, 5) is 19.1. The first-order chi connectivity index (χ1) is 7.15. The summed E-state index contributed by atoms with van der Waals surface area (Å²) >= 11 is 0. The second-order valence-electron chi connectivity index (χ2n) is 3.55. The zero-order chi connectivity index (χ0) is 11.3. The van der Waals surface area contributed by atoms with Crippen LogP contribution in [0.4, 0.5) is 0 Å². The molecular weight excluding hydrogens is 194 g/mol. The highest BCUT2D eigenvalue weighted by molar-refractivity contribution is 5.93. The predicted molar refractivity (Wildman–Crippen MR) is 55.2 cm³/mol. The molecule has 0 radical (unpaired) electrons. The largest absolute Gasteiger partial charge is 0.396 e. The molecule has 2 unspecified atom stereocenters. The number of aliphatic hydroxyl groups excluding tert-OH is 1. The van der Waals surface area contributed by atoms with Crippen LogP contribution in [0.1, 0.15) is 24.2 Å². The van der Waals surface area contributed by atoms with Crippen LogP contribution in [0.3, 0.4) is 0 Å². The van der Waals surface area contributed by atoms with Gasteiger partial charge in [-0.1, -0.05) is 6.92 Å². The fraction of sp³-hybridized carbons (Fsp3) is 0.500. The number of nitrogens with zero attached hydrogens (tertiary/aromatic N) is 2. The summed E-state index contributed by atoms with van der Waals surface area (Å²) in [7, 11) is 0. The summed E-state index contributed by atoms with van der Waals surface area (Å²) in [5, 5.41) is 11.7. The van der Waals surface area contributed by atoms with Crippen molar-refractivity contribution >= 4 is 5.91 Å². The average Bonchev–Trinajstić information content (AvgIpc) is 2.29. The number of hydrogen-bond donors (Lipinski definition) is 2. The number of aliphatic hydroxyl groups is 1. The molecule has 0 aliphatic carbocycles. The van der Waals surface area contributed by atoms with E-state index in [2.05, 4.69) is 15.3 Å². The first kappa shape index (κ1) is 11.6. The molecule has 0 saturated carbocycles. The van der Waals surface area contributed by atoms with Gasteiger partial charge in [0, 0.05) is 25.0 Å². The summed E-state index contributed by atoms with van der Waals surface area (Å²) in [6, 6.07) is -0.0808. The molecular formula is C10H15N3O2. The first-order valence-corrected chi connectivity index (χ1v) is 4.82. The number of rotatable bonds is 4. The lowest BCUT2D eigenvalue weighted by Crippen LogP contribution is -2.38. The Kier molecular flexibility index (Phi) is 4.17. The fourth-order valence-corrected chi connectivity index (χ4v) is 1.01. The maximum Gasteiger partial charge on any atom is 0.254 e. The van der Waals surface area contributed by atoms with Gasteiger partial charge in [-0.2, -0.15) is 0 Å². The van der Waals surface area contributed by atoms with Crippen LogP contribution in [0.2, 0.25) is 0 Å². The predicted octanol–water partition coefficient (Wildman–Crippen LogP) is 0.223. The van der Waals surface area contributed by atoms with Gasteiger partial charge in [0.05, 0.1) is 5.56 Å². The van der Waals surface area contributed by atoms with Gasteiger partial charge < -0.3 is 10.4 Å². The highest BCUT2D eigenvalue weighted by atomic mass is 16.3. The Bertz CT molecular complexity index is 316. The molecule has 0 bridgehead atoms. The van der Waals surface area contributed by atoms with Gasteiger partial charge in [0.25, 0.3) is 5.91 Å². The van der Waals surface area contributed by atoms with Crippen LogP contribution in [0, 0.1) is 5.92 Å². The zero-order valence-corrected chi connectivity index (χ0v) is 8.84. The summed E-state index contributed by atoms with van der Waals surface area (Å²) in [6.45, 7) is 3.77. The van der Waals surface area contributed by atoms with Crippen molar-refractivity contribution in [1.29, 1.82) is 0 Å². The van der Waals surface area contributed by atoms with Crippen molar-refractivity contribution in [2.75, 3.05) is 6.61 Å². The van der Waals surface area contributed by atoms with Gasteiger partial charge >= 0.3 is 0 Å². The second-order valence-corrected chi connectivity index (χ2v) is 3.55. The van der Waals surface area contributed by atoms with Crippen molar-refractivity contribution < 1.29 is 9.90 Å². The maximum atomic E-state index is 11.6. The van der Waals surface area contributed by atoms with E-state index in [1.165, 1.54) is 18.7 Å². The minimum absolute atomic E-state index is 0.0265. The summed E-state index contributed by atoms with van der Waals surface area (Å²) < 4.78 is 0. The summed E-state index contributed by atoms with van der Waals surface area (Å²) in [5.74, 6) is -0.193. The van der Waals surface area contributed by atoms with E-state index in [1.54, 1.807) is 0 Å². The van der Waals surface area contributed by atoms with E-state index in [0.29, 0.717) is 5.56 Å². The van der Waals surface area contributed by atoms with Gasteiger partial charge in [-0.3, -0.25) is 4.79 Å². The van der Waals surface area contributed by atoms with E-state index in [-0.39, 0.29) is 24.5 Å². The number of hydrogen-bond acceptors (Lipinski definition) is 4. The quantitative estimate of drug-likeness (QED) is 0.744. The number of nitrogens with one attached hydrogen (secondary N) is 1. The molecule has 15 heavy (non-hydrogen) atoms. The molecule has 0 fully saturated rings. The lowest BCUT2D eigenvalue weighted by molar-refractivity contribution is 0.0915. The van der Waals surface area contributed by atoms with Crippen molar-refractivity contribution in [3.63, 3.8) is 0 Å². The molecule has 1 aromatic rings. The molecule has 0 aliphatic rings. The molecule has 0 aromatic carbocycles. The smallest absolute Gasteiger partial charge is 0.254 e. The number of amides is 1. The highest BCUT2D eigenvalue weighted by Crippen LogP contribution is 2.02. The van der Waals surface area contributed by atoms with Gasteiger partial charge in [-0.25, -0.2) is 9.97 Å². The number of carbonyl (C=O) groups excluding carboxylic acids is 1. The Morgan fingerprint density at radius 1 is 1.47 bits per heavy atom. The van der Waals surface area contributed by atoms with Gasteiger partial charge in [0.15, 0.2) is 0 Å². The first-order valence-electron chi connectivity index (χ1n) is 4.82. The monoisotopic (exact) mass is 209 g/mol. The number of carbonyl (C=O) groups is 1. The van der Waals surface area contributed by atoms with E-state index in [0.717, 1.165) is 0 Å². The molecule has 2 atom stereocenters. The third kappa shape index (κ3) is 3.28. The van der Waals surface area contributed by atoms with Gasteiger partial charge in [0.2, 0.25) is 0 Å². The molecule has 82 valence electrons. The van der Waals surface area contributed by atoms with E-state index >= 15 is 0 Å². The lowest BCUT2D eigenvalue weighted by atomic mass is 10.1. The molecule has 2 N–H and O–H groups in total. The molecule has 0 aliphatic heterocycles. The molecule has 1 heterocycles. The Morgan fingerprint density at radius 3 is 2.60 bits per heavy atom. The highest BCUT2D eigenvalue weighted by Gasteiger charge is 2.14. The SMILES string of the molecule is CC(CO)C(C)NC(=O)c1cncnc1. The average molecular weight is 209 g/mol. The van der Waals surface area contributed by atoms with E-state index in [1.807, 2.05) is 13.8 Å². The van der Waals surface area contributed by atoms with Crippen molar-refractivity contribution in [3.05, 3.63) is 24.3 Å². The van der Waals surface area contributed by atoms with Crippen molar-refractivity contribution in [2.24, 2.45) is 5.92 Å². The van der Waals surface area contributed by atoms with Gasteiger partial charge in [-0.05, 0) is 12.8 Å². The molecule has 1 amide bonds. The van der Waals surface area contributed by atoms with Crippen LogP contribution in [0.25, 0.3) is 0 Å². The van der Waals surface area contributed by atoms with Crippen LogP contribution in [-0.2, 0) is 0 Å². The molecule has 5 nitrogen and oxygen atoms in total. The van der Waals surface area contributed by atoms with Crippen LogP contribution < -0.4 is 5.32 Å². The van der Waals surface area contributed by atoms with Crippen molar-refractivity contribution in [1.82, 2.24) is 15.3 Å². The van der Waals surface area contributed by atoms with E-state index in [4.69, 9.17) is 5.11 Å². The second kappa shape index (κ2) is 5.41. The van der Waals surface area contributed by atoms with Crippen LogP contribution in [-0.4, -0.2) is 33.6 Å². The standard InChI is InChI=1S/C10H15N3O2/c1-7(5-14)8(2)13-10(15)9-3-11-6-12-4-9/h3-4,6-8,14H,5H2,1-2H3,(H,13,15). The van der Waals surface area contributed by atoms with E-state index in [9.17, 15) is 4.79 Å². The Hall–Kier alpha value is -1.49. The number of aromatic nitrogens is 2. The molecule has 0 spiro atoms. The van der Waals surface area contributed by atoms with E-state index < -0.39 is 0 Å². The van der Waals surface area contributed by atoms with Crippen molar-refractivity contribution in [3.8, 4) is 0 Å². The fourth-order valence-electron chi connectivity index (χ4n) is 1.01. The minimum Gasteiger partial charge on any atom is -0.396 e. The molecule has 1 aromatic heterocycles. The third-order valence-electron chi connectivity index (χ3n) is 2.32.